The molecule has 1 aromatic rings. The van der Waals surface area contributed by atoms with Crippen LogP contribution < -0.4 is 130 Å². The number of nitrogens with two attached hydrogens (primary N) is 6. The smallest absolute Gasteiger partial charge is 0.326 e. The summed E-state index contributed by atoms with van der Waals surface area (Å²) in [5.41, 5.74) is 33.6. The molecular weight excluding hydrogens is 1680 g/mol. The van der Waals surface area contributed by atoms with Gasteiger partial charge in [0, 0.05) is 39.1 Å². The second kappa shape index (κ2) is 56.9. The minimum Gasteiger partial charge on any atom is -0.480 e. The molecule has 1 saturated heterocycles. The number of nitrogens with zero attached hydrogens (tertiary/aromatic N) is 1. The quantitative estimate of drug-likeness (QED) is 0.0164. The summed E-state index contributed by atoms with van der Waals surface area (Å²) in [6, 6.07) is -17.1. The summed E-state index contributed by atoms with van der Waals surface area (Å²) in [7, 11) is 0. The molecule has 2 rings (SSSR count). The number of aliphatic hydroxyl groups excluding tert-OH is 4. The van der Waals surface area contributed by atoms with Crippen molar-refractivity contribution in [3.05, 3.63) is 35.9 Å². The number of carbonyl (C=O) groups is 17. The number of aliphatic hydroxyl groups is 4. The van der Waals surface area contributed by atoms with Gasteiger partial charge in [0.25, 0.3) is 0 Å². The number of primary amides is 1. The zero-order chi connectivity index (χ0) is 96.9. The number of carbonyl (C=O) groups excluding carboxylic acids is 16. The van der Waals surface area contributed by atoms with Gasteiger partial charge in [-0.1, -0.05) is 64.4 Å². The third-order valence-corrected chi connectivity index (χ3v) is 20.1. The molecule has 39 N–H and O–H groups in total. The Morgan fingerprint density at radius 1 is 0.422 bits per heavy atom. The van der Waals surface area contributed by atoms with Crippen LogP contribution in [-0.2, 0) is 87.9 Å². The second-order valence-corrected chi connectivity index (χ2v) is 31.4. The summed E-state index contributed by atoms with van der Waals surface area (Å²) in [5, 5.41) is 126. The number of benzene rings is 1. The molecule has 0 aliphatic carbocycles. The van der Waals surface area contributed by atoms with Crippen molar-refractivity contribution in [1.82, 2.24) is 101 Å². The molecule has 51 heteroatoms. The Kier molecular flexibility index (Phi) is 49.4. The fourth-order valence-electron chi connectivity index (χ4n) is 12.8. The maximum atomic E-state index is 14.6. The van der Waals surface area contributed by atoms with E-state index in [1.165, 1.54) is 20.8 Å². The monoisotopic (exact) mass is 1820 g/mol. The Balaban J connectivity index is 2.35. The third-order valence-electron chi connectivity index (χ3n) is 20.1. The van der Waals surface area contributed by atoms with Gasteiger partial charge < -0.3 is 161 Å². The Labute approximate surface area is 739 Å². The van der Waals surface area contributed by atoms with Crippen LogP contribution in [0.4, 0.5) is 0 Å². The predicted molar refractivity (Wildman–Crippen MR) is 461 cm³/mol. The molecule has 128 heavy (non-hydrogen) atoms. The Hall–Kier alpha value is -12.9. The van der Waals surface area contributed by atoms with E-state index in [-0.39, 0.29) is 128 Å². The maximum absolute atomic E-state index is 14.6. The van der Waals surface area contributed by atoms with Crippen molar-refractivity contribution < 1.29 is 107 Å². The molecule has 1 aliphatic rings. The van der Waals surface area contributed by atoms with Crippen LogP contribution in [0, 0.1) is 33.5 Å². The first-order valence-corrected chi connectivity index (χ1v) is 41.8. The molecule has 0 spiro atoms. The average molecular weight is 1820 g/mol. The van der Waals surface area contributed by atoms with Crippen LogP contribution in [0.3, 0.4) is 0 Å². The molecule has 0 aromatic heterocycles. The van der Waals surface area contributed by atoms with Crippen molar-refractivity contribution in [2.45, 2.75) is 261 Å². The van der Waals surface area contributed by atoms with Crippen LogP contribution in [-0.4, -0.2) is 310 Å². The van der Waals surface area contributed by atoms with Crippen molar-refractivity contribution in [2.75, 3.05) is 45.9 Å². The molecule has 0 saturated carbocycles. The van der Waals surface area contributed by atoms with Gasteiger partial charge in [0.05, 0.1) is 37.9 Å². The first-order chi connectivity index (χ1) is 60.1. The number of hydrogen-bond donors (Lipinski definition) is 33. The van der Waals surface area contributed by atoms with E-state index in [4.69, 9.17) is 56.0 Å². The summed E-state index contributed by atoms with van der Waals surface area (Å²) >= 11 is 0. The molecule has 0 bridgehead atoms. The topological polar surface area (TPSA) is 863 Å². The average Bonchev–Trinajstić information content (AvgIpc) is 1.65. The number of carboxylic acid groups (broad SMARTS) is 1. The van der Waals surface area contributed by atoms with Gasteiger partial charge in [-0.25, -0.2) is 4.79 Å². The van der Waals surface area contributed by atoms with Gasteiger partial charge in [-0.05, 0) is 123 Å². The van der Waals surface area contributed by atoms with Crippen LogP contribution in [0.1, 0.15) is 151 Å². The van der Waals surface area contributed by atoms with E-state index < -0.39 is 253 Å². The van der Waals surface area contributed by atoms with E-state index in [0.717, 1.165) is 18.7 Å². The minimum atomic E-state index is -1.97. The lowest BCUT2D eigenvalue weighted by Crippen LogP contribution is -2.62. The number of likely N-dealkylation sites (tertiary alicyclic amines) is 1. The third kappa shape index (κ3) is 40.6. The number of hydrogen-bond acceptors (Lipinski definition) is 26. The highest BCUT2D eigenvalue weighted by atomic mass is 16.4. The highest BCUT2D eigenvalue weighted by Gasteiger charge is 2.42. The van der Waals surface area contributed by atoms with E-state index in [2.05, 4.69) is 95.7 Å². The lowest BCUT2D eigenvalue weighted by atomic mass is 9.96. The highest BCUT2D eigenvalue weighted by molar-refractivity contribution is 6.02. The molecule has 19 atom stereocenters. The van der Waals surface area contributed by atoms with Crippen LogP contribution in [0.15, 0.2) is 30.3 Å². The molecule has 0 radical (unpaired) electrons. The van der Waals surface area contributed by atoms with Gasteiger partial charge in [0.15, 0.2) is 23.8 Å². The zero-order valence-corrected chi connectivity index (χ0v) is 73.4. The molecule has 1 fully saturated rings. The lowest BCUT2D eigenvalue weighted by molar-refractivity contribution is -0.143. The van der Waals surface area contributed by atoms with E-state index in [1.807, 2.05) is 0 Å². The van der Waals surface area contributed by atoms with Crippen LogP contribution >= 0.6 is 0 Å². The van der Waals surface area contributed by atoms with E-state index in [1.54, 1.807) is 58.0 Å². The number of guanidine groups is 4. The van der Waals surface area contributed by atoms with Crippen LogP contribution in [0.2, 0.25) is 0 Å². The summed E-state index contributed by atoms with van der Waals surface area (Å²) in [5.74, 6) is -20.7. The zero-order valence-electron chi connectivity index (χ0n) is 73.4. The SMILES string of the molecule is CC[C@H](C)[C@H](NC(=O)[C@H](CCCNC(=N)N)NC(=O)[C@H](CO)NC(=O)[C@H](CC(N)=O)NC(=O)[C@@H]1CCCN1C(=O)[C@H](C)NC(=O)[C@H](C)NC(=O)[C@H](C)NC(=O)[C@H](CCCNC(=N)N)NC(=O)[C@@H](NC(=O)[C@H](CCCNC(=N)N)NC(=O)[C@H](CO)NC(=O)[C@@H](N)CC(C)C)[C@@H](C)O)C(=O)N[C@@H](Cc1ccccc1)C(=O)N[C@H](C(=O)N[C@@H](CCCNC(=N)N)C(=O)O)[C@@H](C)O. The van der Waals surface area contributed by atoms with Crippen molar-refractivity contribution in [3.8, 4) is 0 Å². The van der Waals surface area contributed by atoms with Crippen molar-refractivity contribution in [1.29, 1.82) is 21.6 Å². The van der Waals surface area contributed by atoms with Gasteiger partial charge in [-0.15, -0.1) is 0 Å². The summed E-state index contributed by atoms with van der Waals surface area (Å²) in [6.07, 6.45) is -4.67. The molecule has 718 valence electrons. The van der Waals surface area contributed by atoms with Crippen LogP contribution in [0.25, 0.3) is 0 Å². The fraction of sp³-hybridized carbons (Fsp3) is 0.649. The summed E-state index contributed by atoms with van der Waals surface area (Å²) in [6.45, 7) is 10.6. The molecule has 1 heterocycles. The van der Waals surface area contributed by atoms with Crippen molar-refractivity contribution in [3.63, 3.8) is 0 Å². The summed E-state index contributed by atoms with van der Waals surface area (Å²) in [4.78, 5) is 235. The van der Waals surface area contributed by atoms with Crippen molar-refractivity contribution >= 4 is 124 Å². The Morgan fingerprint density at radius 3 is 1.16 bits per heavy atom. The predicted octanol–water partition coefficient (Wildman–Crippen LogP) is -11.8. The summed E-state index contributed by atoms with van der Waals surface area (Å²) < 4.78 is 0. The first-order valence-electron chi connectivity index (χ1n) is 41.8. The van der Waals surface area contributed by atoms with Gasteiger partial charge >= 0.3 is 5.97 Å². The largest absolute Gasteiger partial charge is 0.480 e. The van der Waals surface area contributed by atoms with Crippen molar-refractivity contribution in [2.24, 2.45) is 46.2 Å². The van der Waals surface area contributed by atoms with Gasteiger partial charge in [-0.2, -0.15) is 0 Å². The Bertz CT molecular complexity index is 3980. The molecule has 51 nitrogen and oxygen atoms in total. The van der Waals surface area contributed by atoms with Gasteiger partial charge in [-0.3, -0.25) is 98.3 Å². The number of carboxylic acids is 1. The van der Waals surface area contributed by atoms with Gasteiger partial charge in [0.1, 0.15) is 90.6 Å². The number of rotatable bonds is 58. The highest BCUT2D eigenvalue weighted by Crippen LogP contribution is 2.20. The first kappa shape index (κ1) is 111. The second-order valence-electron chi connectivity index (χ2n) is 31.4. The molecule has 0 unspecified atom stereocenters. The molecule has 1 aromatic carbocycles. The van der Waals surface area contributed by atoms with Crippen LogP contribution in [0.5, 0.6) is 0 Å². The number of aliphatic carboxylic acids is 1. The molecule has 1 aliphatic heterocycles. The fourth-order valence-corrected chi connectivity index (χ4v) is 12.8. The minimum absolute atomic E-state index is 0.0137. The van der Waals surface area contributed by atoms with E-state index >= 15 is 0 Å². The normalized spacial score (nSPS) is 16.5. The molecule has 16 amide bonds. The van der Waals surface area contributed by atoms with E-state index in [0.29, 0.717) is 5.56 Å². The number of amides is 16. The number of nitrogens with one attached hydrogen (secondary N) is 22. The Morgan fingerprint density at radius 2 is 0.766 bits per heavy atom. The van der Waals surface area contributed by atoms with E-state index in [9.17, 15) is 107 Å². The standard InChI is InChI=1S/C77H133N29O22/c1-10-37(4)55(69(123)100-49(32-43-19-12-11-13-20-43)65(119)105-57(42(9)110)71(125)98-48(73(127)128)24-17-29-91-77(86)87)103-62(116)46(22-15-27-89-75(82)83)95-67(121)52(35-108)102-64(118)50(33-54(79)111)99-68(122)53-25-18-30-106(53)72(126)40(7)94-59(113)38(5)92-58(112)39(6)93-61(115)45(21-14-26-88-74(80)81)97-70(124)56(41(8)109)104-63(117)47(23-16-28-90-76(84)85)96-66(120)51(34-107)101-60(114)44(78)31-36(2)3/h11-13,19-20,36-42,44-53,55-57,107-110H,10,14-18,21-35,78H2,1-9H3,(H2,79,111)(H,92,112)(H,93,115)(H,94,113)(H,95,121)(H,96,120)(H,97,124)(H,98,125)(H,99,122)(H,100,123)(H,101,114)(H,102,118)(H,103,116)(H,104,117)(H,105,119)(H,127,128)(H4,80,81,88)(H4,82,83,89)(H4,84,85,90)(H4,86,87,91)/t37-,38-,39-,40-,41+,42+,44-,45-,46-,47-,48-,49-,50-,51-,52-,53-,55-,56-,57-/m0/s1. The maximum Gasteiger partial charge on any atom is 0.326 e. The molecular formula is C77H133N29O22. The lowest BCUT2D eigenvalue weighted by Gasteiger charge is -2.30. The van der Waals surface area contributed by atoms with Gasteiger partial charge in [0.2, 0.25) is 94.5 Å².